The second-order valence-electron chi connectivity index (χ2n) is 5.87. The number of benzene rings is 3. The molecule has 3 aromatic rings. The van der Waals surface area contributed by atoms with Gasteiger partial charge in [-0.05, 0) is 77.9 Å². The fourth-order valence-corrected chi connectivity index (χ4v) is 2.66. The third-order valence-corrected chi connectivity index (χ3v) is 4.23. The van der Waals surface area contributed by atoms with Gasteiger partial charge < -0.3 is 9.47 Å². The number of halogens is 1. The molecule has 0 radical (unpaired) electrons. The molecule has 0 spiro atoms. The molecule has 0 N–H and O–H groups in total. The van der Waals surface area contributed by atoms with Crippen LogP contribution in [0.5, 0.6) is 11.5 Å². The first-order valence-corrected chi connectivity index (χ1v) is 8.81. The maximum Gasteiger partial charge on any atom is 0.343 e. The minimum absolute atomic E-state index is 0.390. The average Bonchev–Trinajstić information content (AvgIpc) is 2.73. The summed E-state index contributed by atoms with van der Waals surface area (Å²) in [5, 5.41) is 10.1. The zero-order valence-electron chi connectivity index (χ0n) is 15.1. The van der Waals surface area contributed by atoms with E-state index in [1.165, 1.54) is 0 Å². The van der Waals surface area contributed by atoms with Crippen molar-refractivity contribution in [2.45, 2.75) is 0 Å². The molecule has 0 amide bonds. The van der Waals surface area contributed by atoms with Crippen molar-refractivity contribution in [2.75, 3.05) is 7.11 Å². The molecule has 28 heavy (non-hydrogen) atoms. The number of carbonyl (C=O) groups is 1. The number of hydrogen-bond acceptors (Lipinski definition) is 4. The average molecular weight is 390 g/mol. The van der Waals surface area contributed by atoms with Crippen LogP contribution in [0.25, 0.3) is 11.6 Å². The molecule has 4 nitrogen and oxygen atoms in total. The van der Waals surface area contributed by atoms with E-state index in [1.807, 2.05) is 18.2 Å². The van der Waals surface area contributed by atoms with Crippen LogP contribution < -0.4 is 9.47 Å². The Morgan fingerprint density at radius 3 is 2.29 bits per heavy atom. The van der Waals surface area contributed by atoms with E-state index in [4.69, 9.17) is 21.1 Å². The van der Waals surface area contributed by atoms with E-state index in [2.05, 4.69) is 6.07 Å². The van der Waals surface area contributed by atoms with Gasteiger partial charge in [0.15, 0.2) is 0 Å². The van der Waals surface area contributed by atoms with Gasteiger partial charge in [-0.1, -0.05) is 23.7 Å². The van der Waals surface area contributed by atoms with Crippen LogP contribution in [-0.2, 0) is 0 Å². The van der Waals surface area contributed by atoms with Crippen molar-refractivity contribution in [1.82, 2.24) is 0 Å². The van der Waals surface area contributed by atoms with Crippen LogP contribution in [0.1, 0.15) is 21.5 Å². The molecule has 0 heterocycles. The van der Waals surface area contributed by atoms with Crippen LogP contribution >= 0.6 is 11.6 Å². The van der Waals surface area contributed by atoms with Crippen molar-refractivity contribution in [3.8, 4) is 17.6 Å². The van der Waals surface area contributed by atoms with Crippen molar-refractivity contribution >= 4 is 29.2 Å². The minimum atomic E-state index is -0.478. The number of hydrogen-bond donors (Lipinski definition) is 0. The fourth-order valence-electron chi connectivity index (χ4n) is 2.54. The second kappa shape index (κ2) is 8.90. The Morgan fingerprint density at radius 1 is 0.964 bits per heavy atom. The van der Waals surface area contributed by atoms with Crippen molar-refractivity contribution in [1.29, 1.82) is 5.26 Å². The largest absolute Gasteiger partial charge is 0.497 e. The Hall–Kier alpha value is -3.55. The zero-order valence-corrected chi connectivity index (χ0v) is 15.8. The number of ether oxygens (including phenoxy) is 2. The standard InChI is InChI=1S/C23H16ClNO3/c1-27-21-11-7-17(8-12-21)19(15-25)13-16-3-2-4-22(14-16)28-23(26)18-5-9-20(24)10-6-18/h2-14H,1H3/b19-13-. The predicted molar refractivity (Wildman–Crippen MR) is 109 cm³/mol. The van der Waals surface area contributed by atoms with E-state index in [-0.39, 0.29) is 0 Å². The molecule has 138 valence electrons. The SMILES string of the molecule is COc1ccc(/C(C#N)=C\c2cccc(OC(=O)c3ccc(Cl)cc3)c2)cc1. The topological polar surface area (TPSA) is 59.3 Å². The normalized spacial score (nSPS) is 10.8. The molecule has 5 heteroatoms. The molecule has 0 atom stereocenters. The lowest BCUT2D eigenvalue weighted by Crippen LogP contribution is -2.08. The lowest BCUT2D eigenvalue weighted by atomic mass is 10.0. The van der Waals surface area contributed by atoms with Gasteiger partial charge in [-0.25, -0.2) is 4.79 Å². The second-order valence-corrected chi connectivity index (χ2v) is 6.30. The summed E-state index contributed by atoms with van der Waals surface area (Å²) < 4.78 is 10.6. The third kappa shape index (κ3) is 4.79. The van der Waals surface area contributed by atoms with Crippen LogP contribution in [0.15, 0.2) is 72.8 Å². The van der Waals surface area contributed by atoms with E-state index in [0.29, 0.717) is 21.9 Å². The first-order valence-electron chi connectivity index (χ1n) is 8.43. The molecule has 0 saturated heterocycles. The van der Waals surface area contributed by atoms with Gasteiger partial charge in [-0.3, -0.25) is 0 Å². The van der Waals surface area contributed by atoms with Gasteiger partial charge in [-0.15, -0.1) is 0 Å². The van der Waals surface area contributed by atoms with Crippen LogP contribution in [0.2, 0.25) is 5.02 Å². The molecular formula is C23H16ClNO3. The first-order chi connectivity index (χ1) is 13.6. The highest BCUT2D eigenvalue weighted by atomic mass is 35.5. The van der Waals surface area contributed by atoms with Gasteiger partial charge in [0, 0.05) is 5.02 Å². The molecule has 0 unspecified atom stereocenters. The van der Waals surface area contributed by atoms with Gasteiger partial charge in [0.1, 0.15) is 11.5 Å². The molecule has 0 fully saturated rings. The number of carbonyl (C=O) groups excluding carboxylic acids is 1. The Kier molecular flexibility index (Phi) is 6.11. The highest BCUT2D eigenvalue weighted by Gasteiger charge is 2.09. The molecular weight excluding hydrogens is 374 g/mol. The van der Waals surface area contributed by atoms with Gasteiger partial charge in [0.25, 0.3) is 0 Å². The molecule has 3 aromatic carbocycles. The molecule has 3 rings (SSSR count). The first kappa shape index (κ1) is 19.2. The van der Waals surface area contributed by atoms with E-state index in [1.54, 1.807) is 67.8 Å². The monoisotopic (exact) mass is 389 g/mol. The Bertz CT molecular complexity index is 1050. The van der Waals surface area contributed by atoms with Crippen LogP contribution in [0, 0.1) is 11.3 Å². The summed E-state index contributed by atoms with van der Waals surface area (Å²) in [5.74, 6) is 0.631. The molecule has 0 aliphatic rings. The van der Waals surface area contributed by atoms with Crippen LogP contribution in [-0.4, -0.2) is 13.1 Å². The summed E-state index contributed by atoms with van der Waals surface area (Å²) >= 11 is 5.84. The zero-order chi connectivity index (χ0) is 19.9. The van der Waals surface area contributed by atoms with Gasteiger partial charge >= 0.3 is 5.97 Å². The van der Waals surface area contributed by atoms with Crippen molar-refractivity contribution in [3.05, 3.63) is 94.5 Å². The van der Waals surface area contributed by atoms with Crippen molar-refractivity contribution < 1.29 is 14.3 Å². The number of allylic oxidation sites excluding steroid dienone is 1. The van der Waals surface area contributed by atoms with E-state index in [0.717, 1.165) is 16.9 Å². The fraction of sp³-hybridized carbons (Fsp3) is 0.0435. The lowest BCUT2D eigenvalue weighted by molar-refractivity contribution is 0.0735. The van der Waals surface area contributed by atoms with Gasteiger partial charge in [-0.2, -0.15) is 5.26 Å². The van der Waals surface area contributed by atoms with E-state index < -0.39 is 5.97 Å². The highest BCUT2D eigenvalue weighted by molar-refractivity contribution is 6.30. The molecule has 0 aromatic heterocycles. The molecule has 0 aliphatic carbocycles. The maximum absolute atomic E-state index is 12.3. The summed E-state index contributed by atoms with van der Waals surface area (Å²) in [6.07, 6.45) is 1.74. The third-order valence-electron chi connectivity index (χ3n) is 3.98. The summed E-state index contributed by atoms with van der Waals surface area (Å²) in [5.41, 5.74) is 2.41. The van der Waals surface area contributed by atoms with Gasteiger partial charge in [0.2, 0.25) is 0 Å². The van der Waals surface area contributed by atoms with Crippen LogP contribution in [0.4, 0.5) is 0 Å². The summed E-state index contributed by atoms with van der Waals surface area (Å²) in [7, 11) is 1.59. The van der Waals surface area contributed by atoms with Crippen molar-refractivity contribution in [2.24, 2.45) is 0 Å². The lowest BCUT2D eigenvalue weighted by Gasteiger charge is -2.06. The number of nitrogens with zero attached hydrogens (tertiary/aromatic N) is 1. The number of esters is 1. The quantitative estimate of drug-likeness (QED) is 0.245. The highest BCUT2D eigenvalue weighted by Crippen LogP contribution is 2.23. The summed E-state index contributed by atoms with van der Waals surface area (Å²) in [6.45, 7) is 0. The number of nitriles is 1. The number of rotatable bonds is 5. The van der Waals surface area contributed by atoms with E-state index >= 15 is 0 Å². The Morgan fingerprint density at radius 2 is 1.64 bits per heavy atom. The van der Waals surface area contributed by atoms with Gasteiger partial charge in [0.05, 0.1) is 24.3 Å². The maximum atomic E-state index is 12.3. The smallest absolute Gasteiger partial charge is 0.343 e. The Labute approximate surface area is 168 Å². The summed E-state index contributed by atoms with van der Waals surface area (Å²) in [4.78, 5) is 12.3. The molecule has 0 bridgehead atoms. The summed E-state index contributed by atoms with van der Waals surface area (Å²) in [6, 6.07) is 22.9. The Balaban J connectivity index is 1.81. The molecule has 0 saturated carbocycles. The van der Waals surface area contributed by atoms with E-state index in [9.17, 15) is 10.1 Å². The predicted octanol–water partition coefficient (Wildman–Crippen LogP) is 5.63. The van der Waals surface area contributed by atoms with Crippen molar-refractivity contribution in [3.63, 3.8) is 0 Å². The van der Waals surface area contributed by atoms with Crippen LogP contribution in [0.3, 0.4) is 0 Å². The minimum Gasteiger partial charge on any atom is -0.497 e. The number of methoxy groups -OCH3 is 1. The molecule has 0 aliphatic heterocycles.